The number of unbranched alkanes of at least 4 members (excludes halogenated alkanes) is 10. The van der Waals surface area contributed by atoms with Crippen LogP contribution in [0.25, 0.3) is 0 Å². The minimum atomic E-state index is -5.29. The first-order valence-corrected chi connectivity index (χ1v) is 13.7. The molecule has 9 nitrogen and oxygen atoms in total. The molecular formula is C27H52NNa2O8P. The van der Waals surface area contributed by atoms with E-state index in [1.54, 1.807) is 6.92 Å². The first-order valence-electron chi connectivity index (χ1n) is 12.2. The normalized spacial score (nSPS) is 9.85. The molecule has 0 aliphatic carbocycles. The van der Waals surface area contributed by atoms with E-state index in [-0.39, 0.29) is 81.7 Å². The van der Waals surface area contributed by atoms with Gasteiger partial charge in [-0.1, -0.05) is 77.1 Å². The molecular weight excluding hydrogens is 543 g/mol. The summed E-state index contributed by atoms with van der Waals surface area (Å²) in [7, 11) is -5.29. The number of carbonyl (C=O) groups excluding carboxylic acids is 2. The van der Waals surface area contributed by atoms with E-state index in [0.717, 1.165) is 19.3 Å². The Morgan fingerprint density at radius 2 is 1.28 bits per heavy atom. The van der Waals surface area contributed by atoms with E-state index in [4.69, 9.17) is 9.47 Å². The van der Waals surface area contributed by atoms with Crippen molar-refractivity contribution in [3.63, 3.8) is 0 Å². The van der Waals surface area contributed by atoms with Gasteiger partial charge in [-0.3, -0.25) is 4.79 Å². The van der Waals surface area contributed by atoms with Gasteiger partial charge < -0.3 is 34.5 Å². The maximum absolute atomic E-state index is 12.1. The van der Waals surface area contributed by atoms with Crippen LogP contribution >= 0.6 is 7.82 Å². The quantitative estimate of drug-likeness (QED) is 0.0519. The minimum Gasteiger partial charge on any atom is -0.790 e. The summed E-state index contributed by atoms with van der Waals surface area (Å²) in [6.07, 6.45) is 11.3. The van der Waals surface area contributed by atoms with Gasteiger partial charge in [0.1, 0.15) is 6.61 Å². The molecule has 0 radical (unpaired) electrons. The number of phosphoric acid groups is 1. The van der Waals surface area contributed by atoms with Gasteiger partial charge in [-0.25, -0.2) is 4.79 Å². The molecule has 3 N–H and O–H groups in total. The van der Waals surface area contributed by atoms with Crippen molar-refractivity contribution in [3.8, 4) is 47.4 Å². The van der Waals surface area contributed by atoms with Crippen molar-refractivity contribution in [2.45, 2.75) is 97.0 Å². The monoisotopic (exact) mass is 595 g/mol. The van der Waals surface area contributed by atoms with Gasteiger partial charge in [0, 0.05) is 22.3 Å². The van der Waals surface area contributed by atoms with Crippen LogP contribution in [0.4, 0.5) is 0 Å². The Kier molecular flexibility index (Phi) is 36.9. The largest absolute Gasteiger partial charge is 1.00 e. The maximum Gasteiger partial charge on any atom is 1.00 e. The van der Waals surface area contributed by atoms with Crippen LogP contribution in [0.5, 0.6) is 0 Å². The zero-order valence-corrected chi connectivity index (χ0v) is 28.8. The van der Waals surface area contributed by atoms with Gasteiger partial charge in [0.05, 0.1) is 14.4 Å². The number of esters is 2. The molecule has 0 fully saturated rings. The number of hydrogen-bond acceptors (Lipinski definition) is 9. The summed E-state index contributed by atoms with van der Waals surface area (Å²) >= 11 is 0. The molecule has 0 aliphatic heterocycles. The number of phosphoric ester groups is 1. The standard InChI is InChI=1S/C27H37O8P.H3N.2Na.7H2/c1-3-5-7-9-11-12-13-14-16-18-20-22-27(29)35-25(24-34-36(30,31)32)23-33-26(28)21-19-17-15-10-8-6-4-2;;;;;;;;;;/h25H,3,5,7,9,11-14,16,18,20,22-24H2,1-2H3,(H2,30,31,32);1H3;;;7*1H/q;;2*+1;;;;;;;/p-2/t25-;;;;;;;;;;/m0........../s1. The maximum atomic E-state index is 12.1. The van der Waals surface area contributed by atoms with Crippen molar-refractivity contribution in [1.82, 2.24) is 6.15 Å². The Hall–Kier alpha value is -0.750. The number of rotatable bonds is 18. The zero-order valence-electron chi connectivity index (χ0n) is 23.9. The molecule has 0 bridgehead atoms. The third-order valence-corrected chi connectivity index (χ3v) is 5.17. The first-order chi connectivity index (χ1) is 17.3. The Morgan fingerprint density at radius 3 is 1.79 bits per heavy atom. The topological polar surface area (TPSA) is 160 Å². The summed E-state index contributed by atoms with van der Waals surface area (Å²) in [6.45, 7) is 2.53. The first kappa shape index (κ1) is 45.2. The fourth-order valence-corrected chi connectivity index (χ4v) is 3.29. The van der Waals surface area contributed by atoms with Crippen LogP contribution in [0, 0.1) is 47.4 Å². The molecule has 0 unspecified atom stereocenters. The van der Waals surface area contributed by atoms with Crippen LogP contribution in [0.15, 0.2) is 0 Å². The molecule has 0 aromatic carbocycles. The van der Waals surface area contributed by atoms with Gasteiger partial charge in [-0.05, 0) is 48.9 Å². The van der Waals surface area contributed by atoms with Crippen LogP contribution in [0.2, 0.25) is 0 Å². The summed E-state index contributed by atoms with van der Waals surface area (Å²) in [5, 5.41) is 0. The van der Waals surface area contributed by atoms with Gasteiger partial charge in [-0.2, -0.15) is 0 Å². The Balaban J connectivity index is -0.000000136. The van der Waals surface area contributed by atoms with Crippen molar-refractivity contribution in [3.05, 3.63) is 0 Å². The molecule has 0 aromatic heterocycles. The van der Waals surface area contributed by atoms with Gasteiger partial charge in [0.2, 0.25) is 0 Å². The van der Waals surface area contributed by atoms with E-state index >= 15 is 0 Å². The Morgan fingerprint density at radius 1 is 0.795 bits per heavy atom. The summed E-state index contributed by atoms with van der Waals surface area (Å²) < 4.78 is 24.9. The van der Waals surface area contributed by atoms with Crippen molar-refractivity contribution >= 4 is 19.8 Å². The van der Waals surface area contributed by atoms with Crippen molar-refractivity contribution in [1.29, 1.82) is 0 Å². The van der Waals surface area contributed by atoms with Gasteiger partial charge in [-0.15, -0.1) is 0 Å². The van der Waals surface area contributed by atoms with Crippen molar-refractivity contribution in [2.75, 3.05) is 13.2 Å². The molecule has 0 saturated heterocycles. The fourth-order valence-electron chi connectivity index (χ4n) is 2.94. The molecule has 39 heavy (non-hydrogen) atoms. The van der Waals surface area contributed by atoms with E-state index < -0.39 is 39.1 Å². The third kappa shape index (κ3) is 35.2. The van der Waals surface area contributed by atoms with Crippen LogP contribution in [-0.2, 0) is 28.2 Å². The van der Waals surface area contributed by atoms with Crippen molar-refractivity contribution in [2.24, 2.45) is 0 Å². The predicted molar refractivity (Wildman–Crippen MR) is 152 cm³/mol. The second-order valence-electron chi connectivity index (χ2n) is 7.86. The SMILES string of the molecule is CC#CC#CC#CC#CC(=O)OC[C@@H](COP(=O)([O-])[O-])OC(=O)CCCCCCCCCCCCC.N.[HH].[HH].[HH].[HH].[HH].[HH].[HH].[Na+].[Na+]. The summed E-state index contributed by atoms with van der Waals surface area (Å²) in [5.74, 6) is 17.3. The second-order valence-corrected chi connectivity index (χ2v) is 9.02. The van der Waals surface area contributed by atoms with Crippen LogP contribution < -0.4 is 75.1 Å². The molecule has 0 aromatic rings. The number of carbonyl (C=O) groups is 2. The van der Waals surface area contributed by atoms with E-state index in [1.165, 1.54) is 44.9 Å². The summed E-state index contributed by atoms with van der Waals surface area (Å²) in [6, 6.07) is 0. The second kappa shape index (κ2) is 31.8. The molecule has 220 valence electrons. The van der Waals surface area contributed by atoms with E-state index in [9.17, 15) is 23.9 Å². The molecule has 0 amide bonds. The number of ether oxygens (including phenoxy) is 2. The van der Waals surface area contributed by atoms with E-state index in [1.807, 2.05) is 0 Å². The molecule has 12 heteroatoms. The molecule has 0 rings (SSSR count). The number of hydrogen-bond donors (Lipinski definition) is 1. The molecule has 1 atom stereocenters. The molecule has 0 saturated carbocycles. The molecule has 0 aliphatic rings. The average Bonchev–Trinajstić information content (AvgIpc) is 2.83. The fraction of sp³-hybridized carbons (Fsp3) is 0.630. The van der Waals surface area contributed by atoms with E-state index in [0.29, 0.717) is 6.42 Å². The Bertz CT molecular complexity index is 984. The van der Waals surface area contributed by atoms with Gasteiger partial charge in [0.15, 0.2) is 6.10 Å². The Labute approximate surface area is 288 Å². The predicted octanol–water partition coefficient (Wildman–Crippen LogP) is -1.09. The summed E-state index contributed by atoms with van der Waals surface area (Å²) in [4.78, 5) is 45.3. The van der Waals surface area contributed by atoms with E-state index in [2.05, 4.69) is 58.8 Å². The van der Waals surface area contributed by atoms with Gasteiger partial charge in [0.25, 0.3) is 0 Å². The minimum absolute atomic E-state index is 0. The third-order valence-electron chi connectivity index (χ3n) is 4.70. The van der Waals surface area contributed by atoms with Crippen molar-refractivity contribution < 1.29 is 107 Å². The smallest absolute Gasteiger partial charge is 0.790 e. The van der Waals surface area contributed by atoms with Crippen LogP contribution in [0.3, 0.4) is 0 Å². The van der Waals surface area contributed by atoms with Crippen LogP contribution in [0.1, 0.15) is 101 Å². The van der Waals surface area contributed by atoms with Crippen LogP contribution in [-0.4, -0.2) is 31.3 Å². The van der Waals surface area contributed by atoms with Gasteiger partial charge >= 0.3 is 71.1 Å². The average molecular weight is 596 g/mol. The summed E-state index contributed by atoms with van der Waals surface area (Å²) in [5.41, 5.74) is 0. The molecule has 0 spiro atoms. The molecule has 0 heterocycles. The zero-order chi connectivity index (χ0) is 26.9.